The summed E-state index contributed by atoms with van der Waals surface area (Å²) < 4.78 is 26.6. The second-order valence-corrected chi connectivity index (χ2v) is 7.55. The third-order valence-corrected chi connectivity index (χ3v) is 5.19. The summed E-state index contributed by atoms with van der Waals surface area (Å²) in [6.45, 7) is 1.52. The van der Waals surface area contributed by atoms with E-state index >= 15 is 0 Å². The molecule has 0 aliphatic carbocycles. The Labute approximate surface area is 130 Å². The molecule has 3 rings (SSSR count). The first-order valence-corrected chi connectivity index (χ1v) is 9.29. The molecule has 0 fully saturated rings. The number of aryl methyl sites for hydroxylation is 2. The summed E-state index contributed by atoms with van der Waals surface area (Å²) in [7, 11) is -3.14. The van der Waals surface area contributed by atoms with Gasteiger partial charge in [-0.3, -0.25) is 0 Å². The molecule has 1 aliphatic heterocycles. The van der Waals surface area contributed by atoms with Crippen LogP contribution < -0.4 is 0 Å². The Balaban J connectivity index is 1.65. The monoisotopic (exact) mass is 320 g/mol. The zero-order valence-corrected chi connectivity index (χ0v) is 13.5. The largest absolute Gasteiger partial charge is 0.248 e. The van der Waals surface area contributed by atoms with Crippen LogP contribution in [0.15, 0.2) is 30.3 Å². The number of hydrogen-bond acceptors (Lipinski definition) is 4. The highest BCUT2D eigenvalue weighted by molar-refractivity contribution is 7.88. The fraction of sp³-hybridized carbons (Fsp3) is 0.467. The molecular weight excluding hydrogens is 300 g/mol. The van der Waals surface area contributed by atoms with Gasteiger partial charge < -0.3 is 0 Å². The number of aromatic nitrogens is 3. The van der Waals surface area contributed by atoms with Crippen LogP contribution in [0.4, 0.5) is 0 Å². The van der Waals surface area contributed by atoms with Gasteiger partial charge in [0.1, 0.15) is 5.82 Å². The van der Waals surface area contributed by atoms with Crippen molar-refractivity contribution in [2.75, 3.05) is 19.3 Å². The molecule has 0 atom stereocenters. The van der Waals surface area contributed by atoms with Crippen molar-refractivity contribution in [3.8, 4) is 0 Å². The number of nitrogens with zero attached hydrogens (tertiary/aromatic N) is 4. The van der Waals surface area contributed by atoms with E-state index in [4.69, 9.17) is 0 Å². The van der Waals surface area contributed by atoms with Gasteiger partial charge >= 0.3 is 0 Å². The normalized spacial score (nSPS) is 16.2. The Morgan fingerprint density at radius 3 is 2.59 bits per heavy atom. The molecule has 118 valence electrons. The van der Waals surface area contributed by atoms with Crippen molar-refractivity contribution in [2.24, 2.45) is 0 Å². The molecule has 2 aromatic rings. The maximum Gasteiger partial charge on any atom is 0.211 e. The average molecular weight is 320 g/mol. The lowest BCUT2D eigenvalue weighted by molar-refractivity contribution is 0.412. The molecule has 0 N–H and O–H groups in total. The fourth-order valence-electron chi connectivity index (χ4n) is 2.67. The molecule has 0 saturated carbocycles. The van der Waals surface area contributed by atoms with Crippen molar-refractivity contribution in [3.05, 3.63) is 47.5 Å². The van der Waals surface area contributed by atoms with Crippen LogP contribution in [0.2, 0.25) is 0 Å². The van der Waals surface area contributed by atoms with Gasteiger partial charge in [-0.25, -0.2) is 18.1 Å². The number of fused-ring (bicyclic) bond motifs is 1. The lowest BCUT2D eigenvalue weighted by Crippen LogP contribution is -2.32. The third-order valence-electron chi connectivity index (χ3n) is 3.89. The lowest BCUT2D eigenvalue weighted by Gasteiger charge is -2.15. The van der Waals surface area contributed by atoms with Gasteiger partial charge in [-0.05, 0) is 12.0 Å². The number of rotatable bonds is 4. The smallest absolute Gasteiger partial charge is 0.211 e. The number of benzene rings is 1. The van der Waals surface area contributed by atoms with E-state index in [9.17, 15) is 8.42 Å². The molecule has 6 nitrogen and oxygen atoms in total. The minimum Gasteiger partial charge on any atom is -0.248 e. The maximum absolute atomic E-state index is 11.6. The standard InChI is InChI=1S/C15H20N4O2S/c1-22(20,21)18-10-9-15-16-14(17-19(15)12-11-18)8-7-13-5-3-2-4-6-13/h2-6H,7-12H2,1H3. The molecule has 2 heterocycles. The van der Waals surface area contributed by atoms with E-state index in [0.717, 1.165) is 24.5 Å². The second kappa shape index (κ2) is 6.18. The second-order valence-electron chi connectivity index (χ2n) is 5.57. The van der Waals surface area contributed by atoms with E-state index in [0.29, 0.717) is 26.1 Å². The first kappa shape index (κ1) is 15.2. The van der Waals surface area contributed by atoms with Crippen molar-refractivity contribution in [3.63, 3.8) is 0 Å². The predicted octanol–water partition coefficient (Wildman–Crippen LogP) is 0.881. The van der Waals surface area contributed by atoms with Gasteiger partial charge in [0.2, 0.25) is 10.0 Å². The van der Waals surface area contributed by atoms with Gasteiger partial charge in [0, 0.05) is 25.9 Å². The molecule has 1 aromatic carbocycles. The zero-order chi connectivity index (χ0) is 15.6. The van der Waals surface area contributed by atoms with Crippen LogP contribution in [-0.2, 0) is 35.8 Å². The van der Waals surface area contributed by atoms with Crippen LogP contribution in [-0.4, -0.2) is 46.8 Å². The molecule has 1 aromatic heterocycles. The van der Waals surface area contributed by atoms with Gasteiger partial charge in [0.25, 0.3) is 0 Å². The molecule has 0 amide bonds. The average Bonchev–Trinajstić information content (AvgIpc) is 2.76. The minimum atomic E-state index is -3.14. The van der Waals surface area contributed by atoms with Crippen LogP contribution in [0.3, 0.4) is 0 Å². The zero-order valence-electron chi connectivity index (χ0n) is 12.6. The first-order chi connectivity index (χ1) is 10.5. The highest BCUT2D eigenvalue weighted by Gasteiger charge is 2.22. The van der Waals surface area contributed by atoms with Gasteiger partial charge in [0.15, 0.2) is 5.82 Å². The van der Waals surface area contributed by atoms with E-state index < -0.39 is 10.0 Å². The molecular formula is C15H20N4O2S. The van der Waals surface area contributed by atoms with Gasteiger partial charge in [0.05, 0.1) is 12.8 Å². The summed E-state index contributed by atoms with van der Waals surface area (Å²) in [5.74, 6) is 1.72. The summed E-state index contributed by atoms with van der Waals surface area (Å²) in [5, 5.41) is 4.53. The summed E-state index contributed by atoms with van der Waals surface area (Å²) in [6.07, 6.45) is 3.59. The van der Waals surface area contributed by atoms with E-state index in [1.54, 1.807) is 0 Å². The van der Waals surface area contributed by atoms with Crippen molar-refractivity contribution in [1.82, 2.24) is 19.1 Å². The topological polar surface area (TPSA) is 68.1 Å². The Kier molecular flexibility index (Phi) is 4.26. The third kappa shape index (κ3) is 3.53. The van der Waals surface area contributed by atoms with E-state index in [1.165, 1.54) is 16.1 Å². The van der Waals surface area contributed by atoms with E-state index in [-0.39, 0.29) is 0 Å². The molecule has 0 saturated heterocycles. The molecule has 0 spiro atoms. The van der Waals surface area contributed by atoms with Crippen molar-refractivity contribution >= 4 is 10.0 Å². The van der Waals surface area contributed by atoms with Crippen LogP contribution in [0, 0.1) is 0 Å². The van der Waals surface area contributed by atoms with Crippen molar-refractivity contribution in [1.29, 1.82) is 0 Å². The Morgan fingerprint density at radius 1 is 1.09 bits per heavy atom. The lowest BCUT2D eigenvalue weighted by atomic mass is 10.1. The summed E-state index contributed by atoms with van der Waals surface area (Å²) in [4.78, 5) is 4.57. The van der Waals surface area contributed by atoms with Crippen LogP contribution in [0.5, 0.6) is 0 Å². The predicted molar refractivity (Wildman–Crippen MR) is 84.0 cm³/mol. The number of sulfonamides is 1. The highest BCUT2D eigenvalue weighted by atomic mass is 32.2. The van der Waals surface area contributed by atoms with Crippen molar-refractivity contribution in [2.45, 2.75) is 25.8 Å². The Morgan fingerprint density at radius 2 is 1.86 bits per heavy atom. The molecule has 7 heteroatoms. The molecule has 1 aliphatic rings. The van der Waals surface area contributed by atoms with Crippen LogP contribution >= 0.6 is 0 Å². The number of hydrogen-bond donors (Lipinski definition) is 0. The molecule has 22 heavy (non-hydrogen) atoms. The van der Waals surface area contributed by atoms with E-state index in [2.05, 4.69) is 22.2 Å². The Hall–Kier alpha value is -1.73. The first-order valence-electron chi connectivity index (χ1n) is 7.44. The van der Waals surface area contributed by atoms with Crippen molar-refractivity contribution < 1.29 is 8.42 Å². The van der Waals surface area contributed by atoms with Gasteiger partial charge in [-0.2, -0.15) is 9.40 Å². The van der Waals surface area contributed by atoms with Crippen LogP contribution in [0.1, 0.15) is 17.2 Å². The molecule has 0 radical (unpaired) electrons. The summed E-state index contributed by atoms with van der Waals surface area (Å²) in [6, 6.07) is 10.3. The fourth-order valence-corrected chi connectivity index (χ4v) is 3.51. The van der Waals surface area contributed by atoms with Gasteiger partial charge in [-0.1, -0.05) is 30.3 Å². The molecule has 0 unspecified atom stereocenters. The van der Waals surface area contributed by atoms with Gasteiger partial charge in [-0.15, -0.1) is 0 Å². The summed E-state index contributed by atoms with van der Waals surface area (Å²) >= 11 is 0. The Bertz CT molecular complexity index is 715. The van der Waals surface area contributed by atoms with Crippen LogP contribution in [0.25, 0.3) is 0 Å². The van der Waals surface area contributed by atoms with E-state index in [1.807, 2.05) is 22.9 Å². The highest BCUT2D eigenvalue weighted by Crippen LogP contribution is 2.11. The quantitative estimate of drug-likeness (QED) is 0.839. The maximum atomic E-state index is 11.6. The summed E-state index contributed by atoms with van der Waals surface area (Å²) in [5.41, 5.74) is 1.27. The molecule has 0 bridgehead atoms. The SMILES string of the molecule is CS(=O)(=O)N1CCc2nc(CCc3ccccc3)nn2CC1. The minimum absolute atomic E-state index is 0.466.